The van der Waals surface area contributed by atoms with Gasteiger partial charge in [0.15, 0.2) is 0 Å². The minimum absolute atomic E-state index is 0.411. The van der Waals surface area contributed by atoms with Gasteiger partial charge in [-0.25, -0.2) is 0 Å². The summed E-state index contributed by atoms with van der Waals surface area (Å²) in [4.78, 5) is 2.08. The quantitative estimate of drug-likeness (QED) is 0.479. The zero-order valence-electron chi connectivity index (χ0n) is 8.82. The maximum atomic E-state index is 9.48. The molecule has 0 spiro atoms. The molecule has 0 aromatic heterocycles. The molecule has 0 aliphatic rings. The summed E-state index contributed by atoms with van der Waals surface area (Å²) in [6, 6.07) is 0. The number of hydrogen-bond donors (Lipinski definition) is 3. The van der Waals surface area contributed by atoms with Gasteiger partial charge in [-0.15, -0.1) is 0 Å². The molecule has 0 aliphatic carbocycles. The molecule has 0 bridgehead atoms. The molecule has 80 valence electrons. The summed E-state index contributed by atoms with van der Waals surface area (Å²) in [5.74, 6) is 0. The molecule has 4 heteroatoms. The average molecular weight is 190 g/mol. The Morgan fingerprint density at radius 3 is 2.46 bits per heavy atom. The number of hydrogen-bond acceptors (Lipinski definition) is 4. The van der Waals surface area contributed by atoms with Crippen LogP contribution >= 0.6 is 0 Å². The Kier molecular flexibility index (Phi) is 7.17. The first-order valence-electron chi connectivity index (χ1n) is 4.84. The highest BCUT2D eigenvalue weighted by molar-refractivity contribution is 4.64. The highest BCUT2D eigenvalue weighted by atomic mass is 16.3. The summed E-state index contributed by atoms with van der Waals surface area (Å²) in [6.07, 6.45) is 0.129. The van der Waals surface area contributed by atoms with Crippen LogP contribution in [0.25, 0.3) is 0 Å². The van der Waals surface area contributed by atoms with Gasteiger partial charge in [-0.2, -0.15) is 0 Å². The summed E-state index contributed by atoms with van der Waals surface area (Å²) >= 11 is 0. The Labute approximate surface area is 80.6 Å². The molecule has 0 radical (unpaired) electrons. The second-order valence-electron chi connectivity index (χ2n) is 3.50. The van der Waals surface area contributed by atoms with Crippen molar-refractivity contribution in [2.45, 2.75) is 32.6 Å². The van der Waals surface area contributed by atoms with Crippen LogP contribution in [-0.2, 0) is 0 Å². The third-order valence-electron chi connectivity index (χ3n) is 1.78. The van der Waals surface area contributed by atoms with Crippen LogP contribution in [0.4, 0.5) is 0 Å². The molecule has 0 aromatic carbocycles. The van der Waals surface area contributed by atoms with Crippen LogP contribution in [0.3, 0.4) is 0 Å². The summed E-state index contributed by atoms with van der Waals surface area (Å²) in [5.41, 5.74) is 0. The van der Waals surface area contributed by atoms with Crippen molar-refractivity contribution in [2.24, 2.45) is 0 Å². The van der Waals surface area contributed by atoms with E-state index in [2.05, 4.69) is 17.1 Å². The number of likely N-dealkylation sites (N-methyl/N-ethyl adjacent to an activating group) is 1. The van der Waals surface area contributed by atoms with Crippen molar-refractivity contribution in [1.82, 2.24) is 10.2 Å². The van der Waals surface area contributed by atoms with Gasteiger partial charge >= 0.3 is 0 Å². The van der Waals surface area contributed by atoms with E-state index in [-0.39, 0.29) is 0 Å². The second kappa shape index (κ2) is 7.26. The molecule has 2 unspecified atom stereocenters. The lowest BCUT2D eigenvalue weighted by molar-refractivity contribution is 0.0918. The van der Waals surface area contributed by atoms with Gasteiger partial charge in [0.2, 0.25) is 0 Å². The Morgan fingerprint density at radius 1 is 1.38 bits per heavy atom. The van der Waals surface area contributed by atoms with Gasteiger partial charge in [0.05, 0.1) is 6.10 Å². The molecule has 0 fully saturated rings. The van der Waals surface area contributed by atoms with E-state index in [9.17, 15) is 5.11 Å². The van der Waals surface area contributed by atoms with Crippen LogP contribution in [0, 0.1) is 0 Å². The minimum Gasteiger partial charge on any atom is -0.390 e. The highest BCUT2D eigenvalue weighted by Crippen LogP contribution is 1.90. The summed E-state index contributed by atoms with van der Waals surface area (Å²) < 4.78 is 0. The highest BCUT2D eigenvalue weighted by Gasteiger charge is 2.07. The predicted molar refractivity (Wildman–Crippen MR) is 53.5 cm³/mol. The first-order valence-corrected chi connectivity index (χ1v) is 4.84. The van der Waals surface area contributed by atoms with Crippen LogP contribution in [0.15, 0.2) is 0 Å². The van der Waals surface area contributed by atoms with E-state index in [4.69, 9.17) is 5.11 Å². The Balaban J connectivity index is 3.43. The van der Waals surface area contributed by atoms with E-state index in [0.29, 0.717) is 13.1 Å². The van der Waals surface area contributed by atoms with Crippen molar-refractivity contribution in [3.05, 3.63) is 0 Å². The van der Waals surface area contributed by atoms with Crippen LogP contribution in [0.1, 0.15) is 20.3 Å². The maximum absolute atomic E-state index is 9.48. The Bertz CT molecular complexity index is 120. The molecule has 0 rings (SSSR count). The number of aliphatic hydroxyl groups excluding tert-OH is 2. The average Bonchev–Trinajstić information content (AvgIpc) is 2.01. The fourth-order valence-corrected chi connectivity index (χ4v) is 1.20. The lowest BCUT2D eigenvalue weighted by atomic mass is 10.3. The number of rotatable bonds is 7. The van der Waals surface area contributed by atoms with Crippen molar-refractivity contribution in [2.75, 3.05) is 26.7 Å². The standard InChI is InChI=1S/C9H22N2O2/c1-4-5-11(3)7-9(13)6-10-8(2)12/h8-10,12-13H,4-7H2,1-3H3. The number of nitrogens with zero attached hydrogens (tertiary/aromatic N) is 1. The second-order valence-corrected chi connectivity index (χ2v) is 3.50. The largest absolute Gasteiger partial charge is 0.390 e. The Hall–Kier alpha value is -0.160. The molecule has 0 heterocycles. The fraction of sp³-hybridized carbons (Fsp3) is 1.00. The summed E-state index contributed by atoms with van der Waals surface area (Å²) in [6.45, 7) is 5.82. The molecule has 0 saturated carbocycles. The van der Waals surface area contributed by atoms with Crippen LogP contribution in [-0.4, -0.2) is 54.1 Å². The monoisotopic (exact) mass is 190 g/mol. The van der Waals surface area contributed by atoms with Gasteiger partial charge < -0.3 is 15.1 Å². The summed E-state index contributed by atoms with van der Waals surface area (Å²) in [7, 11) is 1.98. The van der Waals surface area contributed by atoms with Crippen molar-refractivity contribution in [3.8, 4) is 0 Å². The van der Waals surface area contributed by atoms with Gasteiger partial charge in [-0.05, 0) is 26.9 Å². The molecule has 0 saturated heterocycles. The van der Waals surface area contributed by atoms with Gasteiger partial charge in [0, 0.05) is 13.1 Å². The molecule has 0 aliphatic heterocycles. The van der Waals surface area contributed by atoms with E-state index in [1.165, 1.54) is 0 Å². The van der Waals surface area contributed by atoms with Crippen molar-refractivity contribution in [1.29, 1.82) is 0 Å². The lowest BCUT2D eigenvalue weighted by Gasteiger charge is -2.20. The van der Waals surface area contributed by atoms with Gasteiger partial charge in [-0.1, -0.05) is 6.92 Å². The van der Waals surface area contributed by atoms with Crippen molar-refractivity contribution >= 4 is 0 Å². The molecule has 2 atom stereocenters. The predicted octanol–water partition coefficient (Wildman–Crippen LogP) is -0.383. The normalized spacial score (nSPS) is 16.2. The fourth-order valence-electron chi connectivity index (χ4n) is 1.20. The van der Waals surface area contributed by atoms with Crippen molar-refractivity contribution in [3.63, 3.8) is 0 Å². The van der Waals surface area contributed by atoms with Gasteiger partial charge in [0.25, 0.3) is 0 Å². The molecular weight excluding hydrogens is 168 g/mol. The van der Waals surface area contributed by atoms with E-state index < -0.39 is 12.3 Å². The molecule has 3 N–H and O–H groups in total. The third-order valence-corrected chi connectivity index (χ3v) is 1.78. The van der Waals surface area contributed by atoms with E-state index in [1.54, 1.807) is 6.92 Å². The molecule has 0 aromatic rings. The van der Waals surface area contributed by atoms with Gasteiger partial charge in [0.1, 0.15) is 6.23 Å². The van der Waals surface area contributed by atoms with Crippen molar-refractivity contribution < 1.29 is 10.2 Å². The molecular formula is C9H22N2O2. The van der Waals surface area contributed by atoms with E-state index in [0.717, 1.165) is 13.0 Å². The Morgan fingerprint density at radius 2 is 2.00 bits per heavy atom. The van der Waals surface area contributed by atoms with Crippen LogP contribution < -0.4 is 5.32 Å². The molecule has 4 nitrogen and oxygen atoms in total. The first-order chi connectivity index (χ1) is 6.06. The topological polar surface area (TPSA) is 55.7 Å². The number of nitrogens with one attached hydrogen (secondary N) is 1. The van der Waals surface area contributed by atoms with Gasteiger partial charge in [-0.3, -0.25) is 5.32 Å². The first kappa shape index (κ1) is 12.8. The minimum atomic E-state index is -0.550. The zero-order chi connectivity index (χ0) is 10.3. The van der Waals surface area contributed by atoms with Crippen LogP contribution in [0.5, 0.6) is 0 Å². The smallest absolute Gasteiger partial charge is 0.102 e. The van der Waals surface area contributed by atoms with E-state index >= 15 is 0 Å². The van der Waals surface area contributed by atoms with Crippen LogP contribution in [0.2, 0.25) is 0 Å². The number of aliphatic hydroxyl groups is 2. The third kappa shape index (κ3) is 8.18. The maximum Gasteiger partial charge on any atom is 0.102 e. The molecule has 13 heavy (non-hydrogen) atoms. The zero-order valence-corrected chi connectivity index (χ0v) is 8.82. The SMILES string of the molecule is CCCN(C)CC(O)CNC(C)O. The molecule has 0 amide bonds. The lowest BCUT2D eigenvalue weighted by Crippen LogP contribution is -2.39. The van der Waals surface area contributed by atoms with E-state index in [1.807, 2.05) is 7.05 Å². The summed E-state index contributed by atoms with van der Waals surface area (Å²) in [5, 5.41) is 21.2.